The molecule has 2 N–H and O–H groups in total. The summed E-state index contributed by atoms with van der Waals surface area (Å²) in [6.07, 6.45) is 12.5. The SMILES string of the molecule is CCCCCCCCCCCCCC(=O)N[C@@H](Nc1cccc([N+](=O)[O-])c1)C(Cl)(Cl)Cl. The summed E-state index contributed by atoms with van der Waals surface area (Å²) in [5.74, 6) is -0.231. The van der Waals surface area contributed by atoms with Crippen LogP contribution < -0.4 is 10.6 Å². The molecule has 0 aliphatic rings. The van der Waals surface area contributed by atoms with Gasteiger partial charge in [-0.3, -0.25) is 14.9 Å². The van der Waals surface area contributed by atoms with Crippen LogP contribution in [0.1, 0.15) is 84.0 Å². The van der Waals surface area contributed by atoms with Gasteiger partial charge in [-0.25, -0.2) is 0 Å². The Kier molecular flexibility index (Phi) is 13.9. The summed E-state index contributed by atoms with van der Waals surface area (Å²) in [6, 6.07) is 5.80. The summed E-state index contributed by atoms with van der Waals surface area (Å²) in [5.41, 5.74) is 0.279. The Morgan fingerprint density at radius 3 is 2.06 bits per heavy atom. The first kappa shape index (κ1) is 27.8. The number of carbonyl (C=O) groups excluding carboxylic acids is 1. The lowest BCUT2D eigenvalue weighted by Crippen LogP contribution is -2.49. The largest absolute Gasteiger partial charge is 0.362 e. The lowest BCUT2D eigenvalue weighted by atomic mass is 10.1. The molecule has 1 atom stereocenters. The second-order valence-electron chi connectivity index (χ2n) is 7.78. The molecule has 0 spiro atoms. The molecule has 176 valence electrons. The molecular weight excluding hydrogens is 461 g/mol. The molecule has 31 heavy (non-hydrogen) atoms. The van der Waals surface area contributed by atoms with Crippen LogP contribution in [0.4, 0.5) is 11.4 Å². The third-order valence-corrected chi connectivity index (χ3v) is 5.66. The lowest BCUT2D eigenvalue weighted by Gasteiger charge is -2.27. The summed E-state index contributed by atoms with van der Waals surface area (Å²) in [6.45, 7) is 2.23. The highest BCUT2D eigenvalue weighted by Crippen LogP contribution is 2.31. The second-order valence-corrected chi connectivity index (χ2v) is 10.1. The van der Waals surface area contributed by atoms with Crippen LogP contribution >= 0.6 is 34.8 Å². The molecule has 1 aromatic carbocycles. The van der Waals surface area contributed by atoms with E-state index in [0.717, 1.165) is 19.3 Å². The van der Waals surface area contributed by atoms with Crippen molar-refractivity contribution in [2.75, 3.05) is 5.32 Å². The zero-order valence-corrected chi connectivity index (χ0v) is 20.4. The number of anilines is 1. The molecule has 0 fully saturated rings. The van der Waals surface area contributed by atoms with Gasteiger partial charge in [-0.2, -0.15) is 0 Å². The number of hydrogen-bond donors (Lipinski definition) is 2. The number of non-ortho nitro benzene ring substituents is 1. The van der Waals surface area contributed by atoms with Crippen molar-refractivity contribution in [2.45, 2.75) is 93.9 Å². The highest BCUT2D eigenvalue weighted by molar-refractivity contribution is 6.68. The minimum Gasteiger partial charge on any atom is -0.362 e. The molecule has 0 unspecified atom stereocenters. The van der Waals surface area contributed by atoms with E-state index in [-0.39, 0.29) is 11.6 Å². The Labute approximate surface area is 200 Å². The van der Waals surface area contributed by atoms with Crippen LogP contribution in [0.2, 0.25) is 0 Å². The fourth-order valence-corrected chi connectivity index (χ4v) is 3.59. The van der Waals surface area contributed by atoms with Gasteiger partial charge in [0.1, 0.15) is 6.17 Å². The van der Waals surface area contributed by atoms with Crippen LogP contribution in [-0.2, 0) is 4.79 Å². The number of nitrogens with zero attached hydrogens (tertiary/aromatic N) is 1. The van der Waals surface area contributed by atoms with E-state index in [4.69, 9.17) is 34.8 Å². The zero-order valence-electron chi connectivity index (χ0n) is 18.2. The number of nitro benzene ring substituents is 1. The predicted molar refractivity (Wildman–Crippen MR) is 130 cm³/mol. The summed E-state index contributed by atoms with van der Waals surface area (Å²) in [7, 11) is 0. The summed E-state index contributed by atoms with van der Waals surface area (Å²) in [5, 5.41) is 16.5. The Hall–Kier alpha value is -1.24. The average Bonchev–Trinajstić information content (AvgIpc) is 2.71. The predicted octanol–water partition coefficient (Wildman–Crippen LogP) is 7.52. The molecule has 0 aromatic heterocycles. The van der Waals surface area contributed by atoms with Crippen molar-refractivity contribution in [3.8, 4) is 0 Å². The van der Waals surface area contributed by atoms with Gasteiger partial charge in [0.25, 0.3) is 5.69 Å². The number of alkyl halides is 3. The van der Waals surface area contributed by atoms with E-state index in [2.05, 4.69) is 17.6 Å². The van der Waals surface area contributed by atoms with Gasteiger partial charge >= 0.3 is 0 Å². The van der Waals surface area contributed by atoms with E-state index in [1.807, 2.05) is 0 Å². The Bertz CT molecular complexity index is 669. The van der Waals surface area contributed by atoms with Crippen molar-refractivity contribution in [3.05, 3.63) is 34.4 Å². The molecule has 9 heteroatoms. The molecule has 6 nitrogen and oxygen atoms in total. The minimum atomic E-state index is -1.82. The lowest BCUT2D eigenvalue weighted by molar-refractivity contribution is -0.384. The van der Waals surface area contributed by atoms with Gasteiger partial charge in [0.2, 0.25) is 9.70 Å². The van der Waals surface area contributed by atoms with Gasteiger partial charge in [-0.05, 0) is 12.5 Å². The Morgan fingerprint density at radius 1 is 1.00 bits per heavy atom. The molecule has 0 aliphatic heterocycles. The van der Waals surface area contributed by atoms with Crippen molar-refractivity contribution in [1.82, 2.24) is 5.32 Å². The van der Waals surface area contributed by atoms with Crippen LogP contribution in [0.3, 0.4) is 0 Å². The van der Waals surface area contributed by atoms with Crippen molar-refractivity contribution < 1.29 is 9.72 Å². The smallest absolute Gasteiger partial charge is 0.271 e. The first-order valence-corrected chi connectivity index (χ1v) is 12.2. The Balaban J connectivity index is 2.30. The van der Waals surface area contributed by atoms with Crippen LogP contribution in [-0.4, -0.2) is 20.8 Å². The van der Waals surface area contributed by atoms with Crippen molar-refractivity contribution in [1.29, 1.82) is 0 Å². The van der Waals surface area contributed by atoms with E-state index < -0.39 is 14.9 Å². The van der Waals surface area contributed by atoms with Gasteiger partial charge in [0, 0.05) is 24.2 Å². The first-order chi connectivity index (χ1) is 14.7. The molecule has 0 radical (unpaired) electrons. The van der Waals surface area contributed by atoms with E-state index in [1.165, 1.54) is 69.6 Å². The zero-order chi connectivity index (χ0) is 23.1. The monoisotopic (exact) mass is 493 g/mol. The van der Waals surface area contributed by atoms with Crippen molar-refractivity contribution in [3.63, 3.8) is 0 Å². The van der Waals surface area contributed by atoms with Crippen LogP contribution in [0.15, 0.2) is 24.3 Å². The number of nitro groups is 1. The maximum Gasteiger partial charge on any atom is 0.271 e. The number of rotatable bonds is 16. The average molecular weight is 495 g/mol. The topological polar surface area (TPSA) is 84.3 Å². The molecule has 0 saturated heterocycles. The van der Waals surface area contributed by atoms with E-state index >= 15 is 0 Å². The molecule has 1 aromatic rings. The number of amides is 1. The van der Waals surface area contributed by atoms with Gasteiger partial charge in [-0.15, -0.1) is 0 Å². The van der Waals surface area contributed by atoms with Gasteiger partial charge in [0.15, 0.2) is 0 Å². The number of carbonyl (C=O) groups is 1. The third-order valence-electron chi connectivity index (χ3n) is 5.01. The van der Waals surface area contributed by atoms with Crippen molar-refractivity contribution in [2.24, 2.45) is 0 Å². The summed E-state index contributed by atoms with van der Waals surface area (Å²) < 4.78 is -1.82. The van der Waals surface area contributed by atoms with E-state index in [1.54, 1.807) is 6.07 Å². The van der Waals surface area contributed by atoms with Crippen molar-refractivity contribution >= 4 is 52.1 Å². The van der Waals surface area contributed by atoms with E-state index in [9.17, 15) is 14.9 Å². The molecule has 0 saturated carbocycles. The molecule has 1 amide bonds. The maximum atomic E-state index is 12.3. The number of unbranched alkanes of at least 4 members (excludes halogenated alkanes) is 10. The van der Waals surface area contributed by atoms with Crippen LogP contribution in [0, 0.1) is 10.1 Å². The summed E-state index contributed by atoms with van der Waals surface area (Å²) in [4.78, 5) is 22.7. The molecule has 0 bridgehead atoms. The normalized spacial score (nSPS) is 12.4. The number of nitrogens with one attached hydrogen (secondary N) is 2. The first-order valence-electron chi connectivity index (χ1n) is 11.1. The minimum absolute atomic E-state index is 0.0969. The number of hydrogen-bond acceptors (Lipinski definition) is 4. The quantitative estimate of drug-likeness (QED) is 0.0818. The number of benzene rings is 1. The standard InChI is InChI=1S/C22H34Cl3N3O3/c1-2-3-4-5-6-7-8-9-10-11-12-16-20(29)27-21(22(23,24)25)26-18-14-13-15-19(17-18)28(30)31/h13-15,17,21,26H,2-12,16H2,1H3,(H,27,29)/t21-/m1/s1. The van der Waals surface area contributed by atoms with Gasteiger partial charge in [-0.1, -0.05) is 112 Å². The van der Waals surface area contributed by atoms with Gasteiger partial charge < -0.3 is 10.6 Å². The molecular formula is C22H34Cl3N3O3. The maximum absolute atomic E-state index is 12.3. The highest BCUT2D eigenvalue weighted by Gasteiger charge is 2.34. The Morgan fingerprint density at radius 2 is 1.55 bits per heavy atom. The fraction of sp³-hybridized carbons (Fsp3) is 0.682. The molecule has 1 rings (SSSR count). The number of halogens is 3. The summed E-state index contributed by atoms with van der Waals surface area (Å²) >= 11 is 18.0. The third kappa shape index (κ3) is 13.0. The molecule has 0 heterocycles. The van der Waals surface area contributed by atoms with E-state index in [0.29, 0.717) is 12.1 Å². The molecule has 0 aliphatic carbocycles. The second kappa shape index (κ2) is 15.5. The fourth-order valence-electron chi connectivity index (χ4n) is 3.26. The van der Waals surface area contributed by atoms with Gasteiger partial charge in [0.05, 0.1) is 4.92 Å². The van der Waals surface area contributed by atoms with Crippen LogP contribution in [0.5, 0.6) is 0 Å². The van der Waals surface area contributed by atoms with Crippen LogP contribution in [0.25, 0.3) is 0 Å². The highest BCUT2D eigenvalue weighted by atomic mass is 35.6.